The summed E-state index contributed by atoms with van der Waals surface area (Å²) in [6.45, 7) is 0. The van der Waals surface area contributed by atoms with Crippen molar-refractivity contribution >= 4 is 20.6 Å². The lowest BCUT2D eigenvalue weighted by Gasteiger charge is -2.37. The third-order valence-electron chi connectivity index (χ3n) is 5.06. The van der Waals surface area contributed by atoms with Crippen molar-refractivity contribution in [3.63, 3.8) is 0 Å². The maximum absolute atomic E-state index is 12.2. The molecule has 5 heteroatoms. The van der Waals surface area contributed by atoms with E-state index in [1.165, 1.54) is 0 Å². The lowest BCUT2D eigenvalue weighted by Crippen LogP contribution is -2.43. The highest BCUT2D eigenvalue weighted by atomic mass is 32.2. The number of aliphatic hydroxyl groups is 1. The largest absolute Gasteiger partial charge is 0.385 e. The van der Waals surface area contributed by atoms with E-state index in [0.29, 0.717) is 25.7 Å². The van der Waals surface area contributed by atoms with Gasteiger partial charge in [-0.05, 0) is 42.7 Å². The van der Waals surface area contributed by atoms with Crippen LogP contribution >= 0.6 is 0 Å². The van der Waals surface area contributed by atoms with Gasteiger partial charge >= 0.3 is 0 Å². The van der Waals surface area contributed by atoms with E-state index in [9.17, 15) is 13.5 Å². The van der Waals surface area contributed by atoms with Crippen molar-refractivity contribution in [2.45, 2.75) is 41.8 Å². The fourth-order valence-electron chi connectivity index (χ4n) is 3.98. The Bertz CT molecular complexity index is 790. The Balaban J connectivity index is 1.86. The number of sulfone groups is 1. The third-order valence-corrected chi connectivity index (χ3v) is 7.72. The van der Waals surface area contributed by atoms with Crippen LogP contribution in [-0.4, -0.2) is 29.0 Å². The molecule has 2 atom stereocenters. The lowest BCUT2D eigenvalue weighted by molar-refractivity contribution is 0.0188. The highest BCUT2D eigenvalue weighted by molar-refractivity contribution is 7.93. The second-order valence-electron chi connectivity index (χ2n) is 6.25. The Kier molecular flexibility index (Phi) is 2.69. The SMILES string of the molecule is O=S1(=O)C2CCC1CC(O)(c1cccc3ccncc13)C2. The third kappa shape index (κ3) is 1.84. The van der Waals surface area contributed by atoms with Gasteiger partial charge in [-0.25, -0.2) is 8.42 Å². The smallest absolute Gasteiger partial charge is 0.156 e. The van der Waals surface area contributed by atoms with Gasteiger partial charge < -0.3 is 5.11 Å². The number of hydrogen-bond acceptors (Lipinski definition) is 4. The Morgan fingerprint density at radius 2 is 1.86 bits per heavy atom. The first-order valence-electron chi connectivity index (χ1n) is 7.29. The van der Waals surface area contributed by atoms with Crippen LogP contribution in [0.15, 0.2) is 36.7 Å². The van der Waals surface area contributed by atoms with Crippen LogP contribution in [0.1, 0.15) is 31.2 Å². The molecule has 2 fully saturated rings. The molecule has 2 aromatic rings. The van der Waals surface area contributed by atoms with Gasteiger partial charge in [0.15, 0.2) is 9.84 Å². The normalized spacial score (nSPS) is 34.1. The summed E-state index contributed by atoms with van der Waals surface area (Å²) in [6, 6.07) is 7.72. The van der Waals surface area contributed by atoms with Crippen molar-refractivity contribution in [1.29, 1.82) is 0 Å². The van der Waals surface area contributed by atoms with Crippen LogP contribution in [-0.2, 0) is 15.4 Å². The van der Waals surface area contributed by atoms with E-state index in [4.69, 9.17) is 0 Å². The van der Waals surface area contributed by atoms with Crippen molar-refractivity contribution in [3.05, 3.63) is 42.2 Å². The van der Waals surface area contributed by atoms with Crippen molar-refractivity contribution < 1.29 is 13.5 Å². The molecule has 0 spiro atoms. The number of hydrogen-bond donors (Lipinski definition) is 1. The van der Waals surface area contributed by atoms with Gasteiger partial charge in [0.2, 0.25) is 0 Å². The fourth-order valence-corrected chi connectivity index (χ4v) is 6.47. The highest BCUT2D eigenvalue weighted by Gasteiger charge is 2.53. The molecule has 0 amide bonds. The minimum Gasteiger partial charge on any atom is -0.385 e. The van der Waals surface area contributed by atoms with Crippen molar-refractivity contribution in [3.8, 4) is 0 Å². The van der Waals surface area contributed by atoms with Crippen LogP contribution < -0.4 is 0 Å². The van der Waals surface area contributed by atoms with E-state index in [2.05, 4.69) is 4.98 Å². The fraction of sp³-hybridized carbons (Fsp3) is 0.438. The highest BCUT2D eigenvalue weighted by Crippen LogP contribution is 2.48. The minimum absolute atomic E-state index is 0.305. The van der Waals surface area contributed by atoms with Crippen LogP contribution in [0.5, 0.6) is 0 Å². The zero-order chi connectivity index (χ0) is 14.7. The summed E-state index contributed by atoms with van der Waals surface area (Å²) >= 11 is 0. The average Bonchev–Trinajstić information content (AvgIpc) is 2.66. The van der Waals surface area contributed by atoms with Crippen molar-refractivity contribution in [2.75, 3.05) is 0 Å². The molecular formula is C16H17NO3S. The van der Waals surface area contributed by atoms with E-state index in [-0.39, 0.29) is 0 Å². The Labute approximate surface area is 123 Å². The summed E-state index contributed by atoms with van der Waals surface area (Å²) < 4.78 is 24.5. The van der Waals surface area contributed by atoms with Crippen LogP contribution in [0.2, 0.25) is 0 Å². The zero-order valence-corrected chi connectivity index (χ0v) is 12.4. The van der Waals surface area contributed by atoms with Crippen LogP contribution in [0.4, 0.5) is 0 Å². The van der Waals surface area contributed by atoms with Crippen LogP contribution in [0.3, 0.4) is 0 Å². The quantitative estimate of drug-likeness (QED) is 0.876. The molecule has 0 aliphatic carbocycles. The van der Waals surface area contributed by atoms with E-state index in [1.807, 2.05) is 24.3 Å². The van der Waals surface area contributed by atoms with Crippen molar-refractivity contribution in [2.24, 2.45) is 0 Å². The molecule has 1 aromatic heterocycles. The Hall–Kier alpha value is -1.46. The van der Waals surface area contributed by atoms with Crippen molar-refractivity contribution in [1.82, 2.24) is 4.98 Å². The molecule has 2 unspecified atom stereocenters. The van der Waals surface area contributed by atoms with Gasteiger partial charge in [-0.3, -0.25) is 4.98 Å². The topological polar surface area (TPSA) is 67.3 Å². The number of nitrogens with zero attached hydrogens (tertiary/aromatic N) is 1. The zero-order valence-electron chi connectivity index (χ0n) is 11.6. The number of pyridine rings is 1. The van der Waals surface area contributed by atoms with Crippen LogP contribution in [0.25, 0.3) is 10.8 Å². The number of rotatable bonds is 1. The van der Waals surface area contributed by atoms with Gasteiger partial charge in [0.05, 0.1) is 16.1 Å². The van der Waals surface area contributed by atoms with Gasteiger partial charge in [-0.1, -0.05) is 18.2 Å². The van der Waals surface area contributed by atoms with Gasteiger partial charge in [0, 0.05) is 17.8 Å². The first-order chi connectivity index (χ1) is 10.0. The predicted molar refractivity (Wildman–Crippen MR) is 80.6 cm³/mol. The number of fused-ring (bicyclic) bond motifs is 3. The molecule has 2 bridgehead atoms. The second-order valence-corrected chi connectivity index (χ2v) is 8.76. The molecule has 2 saturated heterocycles. The molecule has 3 heterocycles. The summed E-state index contributed by atoms with van der Waals surface area (Å²) in [4.78, 5) is 4.15. The van der Waals surface area contributed by atoms with E-state index in [0.717, 1.165) is 16.3 Å². The van der Waals surface area contributed by atoms with E-state index in [1.54, 1.807) is 12.4 Å². The number of aromatic nitrogens is 1. The number of benzene rings is 1. The summed E-state index contributed by atoms with van der Waals surface area (Å²) in [6.07, 6.45) is 5.45. The molecular weight excluding hydrogens is 286 g/mol. The molecule has 21 heavy (non-hydrogen) atoms. The van der Waals surface area contributed by atoms with Crippen LogP contribution in [0, 0.1) is 0 Å². The summed E-state index contributed by atoms with van der Waals surface area (Å²) in [5.41, 5.74) is -0.237. The maximum Gasteiger partial charge on any atom is 0.156 e. The first kappa shape index (κ1) is 13.2. The maximum atomic E-state index is 12.2. The predicted octanol–water partition coefficient (Wildman–Crippen LogP) is 2.16. The molecule has 4 rings (SSSR count). The molecule has 1 aromatic carbocycles. The average molecular weight is 303 g/mol. The van der Waals surface area contributed by atoms with E-state index >= 15 is 0 Å². The molecule has 1 N–H and O–H groups in total. The van der Waals surface area contributed by atoms with Gasteiger partial charge in [-0.2, -0.15) is 0 Å². The van der Waals surface area contributed by atoms with Gasteiger partial charge in [0.25, 0.3) is 0 Å². The summed E-state index contributed by atoms with van der Waals surface area (Å²) in [5, 5.41) is 12.3. The molecule has 0 radical (unpaired) electrons. The Morgan fingerprint density at radius 1 is 1.14 bits per heavy atom. The lowest BCUT2D eigenvalue weighted by atomic mass is 9.83. The van der Waals surface area contributed by atoms with E-state index < -0.39 is 25.9 Å². The summed E-state index contributed by atoms with van der Waals surface area (Å²) in [7, 11) is -3.04. The standard InChI is InChI=1S/C16H17NO3S/c18-16(8-12-4-5-13(9-16)21(12,19)20)15-3-1-2-11-6-7-17-10-14(11)15/h1-3,6-7,10,12-13,18H,4-5,8-9H2. The molecule has 4 nitrogen and oxygen atoms in total. The second kappa shape index (κ2) is 4.27. The molecule has 110 valence electrons. The van der Waals surface area contributed by atoms with Gasteiger partial charge in [-0.15, -0.1) is 0 Å². The Morgan fingerprint density at radius 3 is 2.57 bits per heavy atom. The first-order valence-corrected chi connectivity index (χ1v) is 8.90. The molecule has 2 aliphatic heterocycles. The summed E-state index contributed by atoms with van der Waals surface area (Å²) in [5.74, 6) is 0. The minimum atomic E-state index is -3.04. The monoisotopic (exact) mass is 303 g/mol. The molecule has 0 saturated carbocycles. The molecule has 2 aliphatic rings. The van der Waals surface area contributed by atoms with Gasteiger partial charge in [0.1, 0.15) is 0 Å².